The van der Waals surface area contributed by atoms with Crippen LogP contribution in [0, 0.1) is 0 Å². The van der Waals surface area contributed by atoms with Crippen LogP contribution >= 0.6 is 0 Å². The molecule has 0 aliphatic heterocycles. The summed E-state index contributed by atoms with van der Waals surface area (Å²) < 4.78 is 117. The van der Waals surface area contributed by atoms with Gasteiger partial charge in [0.1, 0.15) is 0 Å². The molecule has 0 amide bonds. The summed E-state index contributed by atoms with van der Waals surface area (Å²) in [5.41, 5.74) is 0. The molecule has 0 aromatic heterocycles. The van der Waals surface area contributed by atoms with Crippen LogP contribution in [0.1, 0.15) is 0 Å². The van der Waals surface area contributed by atoms with Crippen LogP contribution in [0.5, 0.6) is 0 Å². The van der Waals surface area contributed by atoms with Crippen LogP contribution < -0.4 is 0 Å². The summed E-state index contributed by atoms with van der Waals surface area (Å²) in [6.45, 7) is -3.58. The zero-order chi connectivity index (χ0) is 16.0. The summed E-state index contributed by atoms with van der Waals surface area (Å²) in [5.74, 6) is -1.54. The Morgan fingerprint density at radius 3 is 1.90 bits per heavy atom. The number of ether oxygens (including phenoxy) is 3. The first-order valence-electron chi connectivity index (χ1n) is 4.58. The number of alkyl halides is 9. The van der Waals surface area contributed by atoms with Gasteiger partial charge in [-0.25, -0.2) is 8.78 Å². The molecule has 0 atom stereocenters. The Bertz CT molecular complexity index is 313. The van der Waals surface area contributed by atoms with Gasteiger partial charge in [0.15, 0.2) is 19.5 Å². The zero-order valence-corrected chi connectivity index (χ0v) is 9.27. The van der Waals surface area contributed by atoms with Crippen LogP contribution in [0.15, 0.2) is 12.2 Å². The van der Waals surface area contributed by atoms with Gasteiger partial charge in [0.25, 0.3) is 6.43 Å². The van der Waals surface area contributed by atoms with Crippen LogP contribution in [0.4, 0.5) is 39.5 Å². The van der Waals surface area contributed by atoms with Gasteiger partial charge in [-0.15, -0.1) is 0 Å². The Kier molecular flexibility index (Phi) is 6.79. The SMILES string of the molecule is FC(F)COC(=COC(F)(F)C(F)F)OCC(F)(F)F. The van der Waals surface area contributed by atoms with Crippen LogP contribution in [-0.2, 0) is 14.2 Å². The van der Waals surface area contributed by atoms with E-state index in [0.29, 0.717) is 0 Å². The van der Waals surface area contributed by atoms with Crippen LogP contribution in [0.3, 0.4) is 0 Å². The van der Waals surface area contributed by atoms with Crippen molar-refractivity contribution >= 4 is 0 Å². The molecule has 0 fully saturated rings. The standard InChI is InChI=1S/C8H7F9O3/c9-4(10)1-18-5(19-3-7(13,14)15)2-20-8(16,17)6(11)12/h2,4,6H,1,3H2. The van der Waals surface area contributed by atoms with Gasteiger partial charge in [-0.2, -0.15) is 30.7 Å². The summed E-state index contributed by atoms with van der Waals surface area (Å²) in [5, 5.41) is 0. The van der Waals surface area contributed by atoms with Crippen molar-refractivity contribution in [2.45, 2.75) is 25.1 Å². The molecule has 0 spiro atoms. The fourth-order valence-corrected chi connectivity index (χ4v) is 0.586. The first-order chi connectivity index (χ1) is 8.94. The van der Waals surface area contributed by atoms with E-state index in [2.05, 4.69) is 14.2 Å². The maximum absolute atomic E-state index is 12.3. The van der Waals surface area contributed by atoms with Crippen molar-refractivity contribution in [1.29, 1.82) is 0 Å². The Hall–Kier alpha value is -1.49. The molecule has 0 N–H and O–H groups in total. The van der Waals surface area contributed by atoms with E-state index < -0.39 is 50.6 Å². The summed E-state index contributed by atoms with van der Waals surface area (Å²) in [4.78, 5) is 0. The quantitative estimate of drug-likeness (QED) is 0.505. The van der Waals surface area contributed by atoms with Gasteiger partial charge in [0.2, 0.25) is 0 Å². The van der Waals surface area contributed by atoms with E-state index in [-0.39, 0.29) is 0 Å². The topological polar surface area (TPSA) is 27.7 Å². The summed E-state index contributed by atoms with van der Waals surface area (Å²) in [6, 6.07) is 0. The first kappa shape index (κ1) is 18.5. The molecular formula is C8H7F9O3. The molecule has 0 saturated carbocycles. The third kappa shape index (κ3) is 8.58. The Balaban J connectivity index is 4.65. The van der Waals surface area contributed by atoms with Crippen molar-refractivity contribution in [3.05, 3.63) is 12.2 Å². The molecule has 0 radical (unpaired) electrons. The fraction of sp³-hybridized carbons (Fsp3) is 0.750. The van der Waals surface area contributed by atoms with Gasteiger partial charge in [-0.3, -0.25) is 0 Å². The van der Waals surface area contributed by atoms with E-state index >= 15 is 0 Å². The Morgan fingerprint density at radius 1 is 0.950 bits per heavy atom. The lowest BCUT2D eigenvalue weighted by Crippen LogP contribution is -2.28. The predicted octanol–water partition coefficient (Wildman–Crippen LogP) is 3.52. The molecule has 0 aromatic rings. The highest BCUT2D eigenvalue weighted by atomic mass is 19.4. The molecule has 0 unspecified atom stereocenters. The van der Waals surface area contributed by atoms with Crippen LogP contribution in [0.2, 0.25) is 0 Å². The second kappa shape index (κ2) is 7.33. The van der Waals surface area contributed by atoms with E-state index in [1.54, 1.807) is 0 Å². The van der Waals surface area contributed by atoms with Gasteiger partial charge in [-0.1, -0.05) is 0 Å². The molecule has 120 valence electrons. The maximum Gasteiger partial charge on any atom is 0.460 e. The van der Waals surface area contributed by atoms with Crippen molar-refractivity contribution in [3.8, 4) is 0 Å². The monoisotopic (exact) mass is 322 g/mol. The highest BCUT2D eigenvalue weighted by Gasteiger charge is 2.43. The highest BCUT2D eigenvalue weighted by molar-refractivity contribution is 4.79. The number of halogens is 9. The molecule has 0 saturated heterocycles. The lowest BCUT2D eigenvalue weighted by molar-refractivity contribution is -0.278. The summed E-state index contributed by atoms with van der Waals surface area (Å²) in [6.07, 6.45) is -17.9. The summed E-state index contributed by atoms with van der Waals surface area (Å²) >= 11 is 0. The zero-order valence-electron chi connectivity index (χ0n) is 9.27. The van der Waals surface area contributed by atoms with Gasteiger partial charge >= 0.3 is 24.7 Å². The lowest BCUT2D eigenvalue weighted by atomic mass is 10.6. The van der Waals surface area contributed by atoms with Crippen molar-refractivity contribution < 1.29 is 53.7 Å². The van der Waals surface area contributed by atoms with Crippen molar-refractivity contribution in [1.82, 2.24) is 0 Å². The smallest absolute Gasteiger partial charge is 0.457 e. The highest BCUT2D eigenvalue weighted by Crippen LogP contribution is 2.25. The minimum Gasteiger partial charge on any atom is -0.457 e. The minimum absolute atomic E-state index is 0.444. The normalized spacial score (nSPS) is 13.8. The van der Waals surface area contributed by atoms with Gasteiger partial charge in [-0.05, 0) is 0 Å². The molecule has 0 aliphatic carbocycles. The van der Waals surface area contributed by atoms with Crippen LogP contribution in [-0.4, -0.2) is 38.3 Å². The van der Waals surface area contributed by atoms with E-state index in [1.165, 1.54) is 0 Å². The molecule has 3 nitrogen and oxygen atoms in total. The summed E-state index contributed by atoms with van der Waals surface area (Å²) in [7, 11) is 0. The van der Waals surface area contributed by atoms with E-state index in [4.69, 9.17) is 0 Å². The van der Waals surface area contributed by atoms with Crippen LogP contribution in [0.25, 0.3) is 0 Å². The Morgan fingerprint density at radius 2 is 1.50 bits per heavy atom. The van der Waals surface area contributed by atoms with Crippen molar-refractivity contribution in [3.63, 3.8) is 0 Å². The maximum atomic E-state index is 12.3. The largest absolute Gasteiger partial charge is 0.460 e. The Labute approximate surface area is 105 Å². The average Bonchev–Trinajstić information content (AvgIpc) is 2.26. The minimum atomic E-state index is -5.04. The molecular weight excluding hydrogens is 315 g/mol. The van der Waals surface area contributed by atoms with Crippen molar-refractivity contribution in [2.24, 2.45) is 0 Å². The molecule has 0 rings (SSSR count). The lowest BCUT2D eigenvalue weighted by Gasteiger charge is -2.16. The van der Waals surface area contributed by atoms with Gasteiger partial charge < -0.3 is 14.2 Å². The van der Waals surface area contributed by atoms with E-state index in [1.807, 2.05) is 0 Å². The fourth-order valence-electron chi connectivity index (χ4n) is 0.586. The molecule has 0 heterocycles. The third-order valence-electron chi connectivity index (χ3n) is 1.30. The van der Waals surface area contributed by atoms with Gasteiger partial charge in [0, 0.05) is 0 Å². The predicted molar refractivity (Wildman–Crippen MR) is 44.1 cm³/mol. The molecule has 0 bridgehead atoms. The number of hydrogen-bond donors (Lipinski definition) is 0. The first-order valence-corrected chi connectivity index (χ1v) is 4.58. The van der Waals surface area contributed by atoms with E-state index in [0.717, 1.165) is 0 Å². The third-order valence-corrected chi connectivity index (χ3v) is 1.30. The second-order valence-corrected chi connectivity index (χ2v) is 3.02. The molecule has 0 aliphatic rings. The number of hydrogen-bond acceptors (Lipinski definition) is 3. The van der Waals surface area contributed by atoms with E-state index in [9.17, 15) is 39.5 Å². The molecule has 20 heavy (non-hydrogen) atoms. The molecule has 12 heteroatoms. The second-order valence-electron chi connectivity index (χ2n) is 3.02. The average molecular weight is 322 g/mol. The van der Waals surface area contributed by atoms with Gasteiger partial charge in [0.05, 0.1) is 0 Å². The number of rotatable bonds is 8. The molecule has 0 aromatic carbocycles. The van der Waals surface area contributed by atoms with Crippen molar-refractivity contribution in [2.75, 3.05) is 13.2 Å².